The van der Waals surface area contributed by atoms with Gasteiger partial charge in [0.05, 0.1) is 17.9 Å². The highest BCUT2D eigenvalue weighted by molar-refractivity contribution is 5.92. The number of fused-ring (bicyclic) bond motifs is 3. The van der Waals surface area contributed by atoms with Crippen LogP contribution in [0.15, 0.2) is 35.1 Å². The number of halogens is 1. The van der Waals surface area contributed by atoms with E-state index in [1.54, 1.807) is 25.5 Å². The minimum absolute atomic E-state index is 0.127. The standard InChI is InChI=1S/C22H25FN6O2/c1-13-25-12-20(31-13)15-6-14-7-21(27-11-19(14)26-10-15)28-22(30)29-17-2-3-18(29)9-16(8-17)24-5-4-23/h6-7,10-12,16-18,24H,2-5,8-9H2,1H3,(H,27,28,30)/t16-,17+,18-. The van der Waals surface area contributed by atoms with Crippen molar-refractivity contribution in [2.24, 2.45) is 0 Å². The zero-order chi connectivity index (χ0) is 21.4. The second-order valence-corrected chi connectivity index (χ2v) is 8.26. The zero-order valence-electron chi connectivity index (χ0n) is 17.3. The molecule has 0 aromatic carbocycles. The van der Waals surface area contributed by atoms with Crippen LogP contribution in [-0.2, 0) is 0 Å². The Morgan fingerprint density at radius 3 is 2.68 bits per heavy atom. The van der Waals surface area contributed by atoms with Crippen LogP contribution >= 0.6 is 0 Å². The van der Waals surface area contributed by atoms with Crippen molar-refractivity contribution in [1.82, 2.24) is 25.2 Å². The summed E-state index contributed by atoms with van der Waals surface area (Å²) in [5.74, 6) is 1.73. The number of alkyl halides is 1. The summed E-state index contributed by atoms with van der Waals surface area (Å²) in [5, 5.41) is 7.07. The largest absolute Gasteiger partial charge is 0.441 e. The zero-order valence-corrected chi connectivity index (χ0v) is 17.3. The summed E-state index contributed by atoms with van der Waals surface area (Å²) >= 11 is 0. The Morgan fingerprint density at radius 2 is 1.97 bits per heavy atom. The fourth-order valence-electron chi connectivity index (χ4n) is 4.84. The summed E-state index contributed by atoms with van der Waals surface area (Å²) in [6.07, 6.45) is 8.74. The summed E-state index contributed by atoms with van der Waals surface area (Å²) in [6.45, 7) is 1.81. The lowest BCUT2D eigenvalue weighted by molar-refractivity contribution is 0.141. The van der Waals surface area contributed by atoms with Crippen molar-refractivity contribution in [3.8, 4) is 11.3 Å². The molecule has 0 unspecified atom stereocenters. The van der Waals surface area contributed by atoms with Gasteiger partial charge in [-0.15, -0.1) is 0 Å². The molecule has 2 aliphatic rings. The van der Waals surface area contributed by atoms with Crippen LogP contribution in [0.1, 0.15) is 31.6 Å². The molecule has 0 saturated carbocycles. The number of aryl methyl sites for hydroxylation is 1. The predicted molar refractivity (Wildman–Crippen MR) is 114 cm³/mol. The van der Waals surface area contributed by atoms with Gasteiger partial charge in [-0.2, -0.15) is 0 Å². The smallest absolute Gasteiger partial charge is 0.323 e. The first kappa shape index (κ1) is 19.9. The minimum Gasteiger partial charge on any atom is -0.441 e. The van der Waals surface area contributed by atoms with Crippen molar-refractivity contribution in [3.05, 3.63) is 36.6 Å². The van der Waals surface area contributed by atoms with E-state index in [9.17, 15) is 9.18 Å². The third-order valence-corrected chi connectivity index (χ3v) is 6.20. The van der Waals surface area contributed by atoms with E-state index in [1.165, 1.54) is 0 Å². The molecule has 2 fully saturated rings. The first-order valence-electron chi connectivity index (χ1n) is 10.7. The van der Waals surface area contributed by atoms with Crippen LogP contribution in [0.4, 0.5) is 15.0 Å². The molecular weight excluding hydrogens is 399 g/mol. The molecule has 31 heavy (non-hydrogen) atoms. The van der Waals surface area contributed by atoms with E-state index in [1.807, 2.05) is 17.0 Å². The molecule has 162 valence electrons. The Morgan fingerprint density at radius 1 is 1.16 bits per heavy atom. The summed E-state index contributed by atoms with van der Waals surface area (Å²) in [4.78, 5) is 27.9. The van der Waals surface area contributed by atoms with Gasteiger partial charge >= 0.3 is 6.03 Å². The second kappa shape index (κ2) is 8.22. The second-order valence-electron chi connectivity index (χ2n) is 8.26. The Balaban J connectivity index is 1.31. The monoisotopic (exact) mass is 424 g/mol. The molecule has 9 heteroatoms. The number of aromatic nitrogens is 3. The summed E-state index contributed by atoms with van der Waals surface area (Å²) < 4.78 is 18.1. The number of oxazole rings is 1. The highest BCUT2D eigenvalue weighted by Gasteiger charge is 2.43. The number of urea groups is 1. The number of nitrogens with zero attached hydrogens (tertiary/aromatic N) is 4. The molecule has 8 nitrogen and oxygen atoms in total. The lowest BCUT2D eigenvalue weighted by Gasteiger charge is -2.39. The number of hydrogen-bond donors (Lipinski definition) is 2. The molecule has 0 radical (unpaired) electrons. The van der Waals surface area contributed by atoms with Gasteiger partial charge in [0.2, 0.25) is 0 Å². The molecule has 0 spiro atoms. The van der Waals surface area contributed by atoms with Gasteiger partial charge in [0.1, 0.15) is 12.5 Å². The van der Waals surface area contributed by atoms with E-state index >= 15 is 0 Å². The molecule has 2 saturated heterocycles. The van der Waals surface area contributed by atoms with Crippen LogP contribution in [-0.4, -0.2) is 57.2 Å². The van der Waals surface area contributed by atoms with E-state index in [0.29, 0.717) is 24.0 Å². The van der Waals surface area contributed by atoms with E-state index in [0.717, 1.165) is 42.1 Å². The lowest BCUT2D eigenvalue weighted by Crippen LogP contribution is -2.53. The number of pyridine rings is 2. The topological polar surface area (TPSA) is 96.2 Å². The molecule has 2 aliphatic heterocycles. The van der Waals surface area contributed by atoms with E-state index in [-0.39, 0.29) is 30.8 Å². The third-order valence-electron chi connectivity index (χ3n) is 6.20. The molecule has 5 heterocycles. The maximum absolute atomic E-state index is 13.0. The highest BCUT2D eigenvalue weighted by atomic mass is 19.1. The number of amides is 2. The fraction of sp³-hybridized carbons (Fsp3) is 0.455. The van der Waals surface area contributed by atoms with Crippen LogP contribution in [0.25, 0.3) is 22.2 Å². The van der Waals surface area contributed by atoms with Crippen molar-refractivity contribution in [2.75, 3.05) is 18.5 Å². The SMILES string of the molecule is Cc1ncc(-c2cnc3cnc(NC(=O)N4[C@@H]5CC[C@H]4C[C@@H](NCCF)C5)cc3c2)o1. The van der Waals surface area contributed by atoms with Crippen LogP contribution in [0.5, 0.6) is 0 Å². The van der Waals surface area contributed by atoms with Crippen LogP contribution < -0.4 is 10.6 Å². The van der Waals surface area contributed by atoms with Gasteiger partial charge in [-0.05, 0) is 37.8 Å². The highest BCUT2D eigenvalue weighted by Crippen LogP contribution is 2.36. The lowest BCUT2D eigenvalue weighted by atomic mass is 9.97. The minimum atomic E-state index is -0.365. The van der Waals surface area contributed by atoms with Crippen molar-refractivity contribution in [1.29, 1.82) is 0 Å². The molecule has 2 bridgehead atoms. The van der Waals surface area contributed by atoms with Crippen molar-refractivity contribution >= 4 is 22.8 Å². The van der Waals surface area contributed by atoms with Gasteiger partial charge in [0.25, 0.3) is 0 Å². The summed E-state index contributed by atoms with van der Waals surface area (Å²) in [5.41, 5.74) is 1.55. The number of rotatable bonds is 5. The van der Waals surface area contributed by atoms with E-state index < -0.39 is 0 Å². The van der Waals surface area contributed by atoms with Gasteiger partial charge in [0, 0.05) is 48.7 Å². The average Bonchev–Trinajstić information content (AvgIpc) is 3.32. The molecule has 5 rings (SSSR count). The first-order chi connectivity index (χ1) is 15.1. The van der Waals surface area contributed by atoms with Crippen LogP contribution in [0, 0.1) is 6.92 Å². The van der Waals surface area contributed by atoms with E-state index in [4.69, 9.17) is 4.42 Å². The number of nitrogens with one attached hydrogen (secondary N) is 2. The molecule has 3 aromatic heterocycles. The normalized spacial score (nSPS) is 22.8. The van der Waals surface area contributed by atoms with Crippen molar-refractivity contribution in [3.63, 3.8) is 0 Å². The Labute approximate surface area is 179 Å². The molecule has 2 N–H and O–H groups in total. The van der Waals surface area contributed by atoms with Gasteiger partial charge in [-0.3, -0.25) is 10.3 Å². The van der Waals surface area contributed by atoms with Crippen molar-refractivity contribution < 1.29 is 13.6 Å². The maximum Gasteiger partial charge on any atom is 0.323 e. The number of carbonyl (C=O) groups is 1. The van der Waals surface area contributed by atoms with Crippen LogP contribution in [0.3, 0.4) is 0 Å². The van der Waals surface area contributed by atoms with E-state index in [2.05, 4.69) is 25.6 Å². The summed E-state index contributed by atoms with van der Waals surface area (Å²) in [6, 6.07) is 4.28. The number of piperidine rings is 1. The fourth-order valence-corrected chi connectivity index (χ4v) is 4.84. The van der Waals surface area contributed by atoms with Gasteiger partial charge < -0.3 is 14.6 Å². The number of anilines is 1. The predicted octanol–water partition coefficient (Wildman–Crippen LogP) is 3.68. The molecule has 3 aromatic rings. The van der Waals surface area contributed by atoms with Crippen LogP contribution in [0.2, 0.25) is 0 Å². The maximum atomic E-state index is 13.0. The first-order valence-corrected chi connectivity index (χ1v) is 10.7. The molecular formula is C22H25FN6O2. The quantitative estimate of drug-likeness (QED) is 0.649. The Bertz CT molecular complexity index is 1090. The molecule has 3 atom stereocenters. The summed E-state index contributed by atoms with van der Waals surface area (Å²) in [7, 11) is 0. The number of hydrogen-bond acceptors (Lipinski definition) is 6. The van der Waals surface area contributed by atoms with Gasteiger partial charge in [-0.1, -0.05) is 0 Å². The van der Waals surface area contributed by atoms with Gasteiger partial charge in [-0.25, -0.2) is 19.2 Å². The molecule has 0 aliphatic carbocycles. The number of carbonyl (C=O) groups excluding carboxylic acids is 1. The molecule has 2 amide bonds. The van der Waals surface area contributed by atoms with Crippen molar-refractivity contribution in [2.45, 2.75) is 50.7 Å². The third kappa shape index (κ3) is 3.97. The Hall–Kier alpha value is -3.07. The average molecular weight is 424 g/mol. The Kier molecular flexibility index (Phi) is 5.27. The van der Waals surface area contributed by atoms with Gasteiger partial charge in [0.15, 0.2) is 11.7 Å².